The smallest absolute Gasteiger partial charge is 0.254 e. The monoisotopic (exact) mass is 432 g/mol. The van der Waals surface area contributed by atoms with E-state index in [1.54, 1.807) is 41.3 Å². The number of carbonyl (C=O) groups excluding carboxylic acids is 2. The van der Waals surface area contributed by atoms with Crippen molar-refractivity contribution in [3.63, 3.8) is 0 Å². The van der Waals surface area contributed by atoms with Gasteiger partial charge in [0.2, 0.25) is 0 Å². The van der Waals surface area contributed by atoms with E-state index in [0.29, 0.717) is 41.1 Å². The molecule has 2 aromatic rings. The molecule has 30 heavy (non-hydrogen) atoms. The number of nitrogens with zero attached hydrogens (tertiary/aromatic N) is 2. The van der Waals surface area contributed by atoms with Gasteiger partial charge in [0.25, 0.3) is 11.8 Å². The zero-order valence-corrected chi connectivity index (χ0v) is 17.0. The Morgan fingerprint density at radius 3 is 2.43 bits per heavy atom. The molecule has 0 spiro atoms. The molecule has 2 N–H and O–H groups in total. The van der Waals surface area contributed by atoms with E-state index in [0.717, 1.165) is 0 Å². The van der Waals surface area contributed by atoms with Crippen molar-refractivity contribution in [2.75, 3.05) is 26.2 Å². The Hall–Kier alpha value is -2.48. The van der Waals surface area contributed by atoms with Crippen molar-refractivity contribution in [3.05, 3.63) is 58.9 Å². The predicted molar refractivity (Wildman–Crippen MR) is 110 cm³/mol. The predicted octanol–water partition coefficient (Wildman–Crippen LogP) is 2.32. The molecule has 0 radical (unpaired) electrons. The minimum Gasteiger partial charge on any atom is -0.394 e. The van der Waals surface area contributed by atoms with Gasteiger partial charge in [-0.25, -0.2) is 4.39 Å². The van der Waals surface area contributed by atoms with Gasteiger partial charge in [0, 0.05) is 35.8 Å². The largest absolute Gasteiger partial charge is 0.394 e. The Balaban J connectivity index is 1.46. The SMILES string of the molecule is O=C(c1ccc(-c2ccc(Cl)cc2F)cc1)N1CCN(C(=O)C2(O)CC2)[C@@H](CO)C1. The van der Waals surface area contributed by atoms with Crippen LogP contribution in [0.5, 0.6) is 0 Å². The highest BCUT2D eigenvalue weighted by atomic mass is 35.5. The Kier molecular flexibility index (Phi) is 5.53. The first kappa shape index (κ1) is 20.8. The Morgan fingerprint density at radius 1 is 1.13 bits per heavy atom. The van der Waals surface area contributed by atoms with E-state index < -0.39 is 17.5 Å². The number of benzene rings is 2. The molecule has 1 aliphatic heterocycles. The van der Waals surface area contributed by atoms with E-state index in [2.05, 4.69) is 0 Å². The summed E-state index contributed by atoms with van der Waals surface area (Å²) in [7, 11) is 0. The van der Waals surface area contributed by atoms with Gasteiger partial charge in [0.1, 0.15) is 11.4 Å². The van der Waals surface area contributed by atoms with E-state index in [1.165, 1.54) is 11.0 Å². The highest BCUT2D eigenvalue weighted by Gasteiger charge is 2.52. The third-order valence-electron chi connectivity index (χ3n) is 5.74. The van der Waals surface area contributed by atoms with Gasteiger partial charge in [-0.1, -0.05) is 23.7 Å². The summed E-state index contributed by atoms with van der Waals surface area (Å²) in [6, 6.07) is 10.5. The minimum atomic E-state index is -1.30. The summed E-state index contributed by atoms with van der Waals surface area (Å²) in [4.78, 5) is 28.4. The molecule has 2 aromatic carbocycles. The van der Waals surface area contributed by atoms with Crippen LogP contribution in [0.15, 0.2) is 42.5 Å². The normalized spacial score (nSPS) is 20.2. The number of rotatable bonds is 4. The van der Waals surface area contributed by atoms with Gasteiger partial charge in [-0.05, 0) is 48.7 Å². The van der Waals surface area contributed by atoms with Crippen molar-refractivity contribution in [2.45, 2.75) is 24.5 Å². The average Bonchev–Trinajstić information content (AvgIpc) is 3.51. The molecule has 0 bridgehead atoms. The van der Waals surface area contributed by atoms with Gasteiger partial charge < -0.3 is 20.0 Å². The molecular weight excluding hydrogens is 411 g/mol. The number of aliphatic hydroxyl groups is 2. The van der Waals surface area contributed by atoms with Crippen LogP contribution in [0.3, 0.4) is 0 Å². The van der Waals surface area contributed by atoms with Crippen LogP contribution < -0.4 is 0 Å². The number of amides is 2. The lowest BCUT2D eigenvalue weighted by Crippen LogP contribution is -2.60. The van der Waals surface area contributed by atoms with Crippen LogP contribution >= 0.6 is 11.6 Å². The number of hydrogen-bond donors (Lipinski definition) is 2. The summed E-state index contributed by atoms with van der Waals surface area (Å²) in [5.41, 5.74) is 0.156. The summed E-state index contributed by atoms with van der Waals surface area (Å²) in [5.74, 6) is -1.04. The summed E-state index contributed by atoms with van der Waals surface area (Å²) in [5, 5.41) is 20.1. The zero-order chi connectivity index (χ0) is 21.5. The van der Waals surface area contributed by atoms with E-state index >= 15 is 0 Å². The van der Waals surface area contributed by atoms with Gasteiger partial charge in [0.05, 0.1) is 12.6 Å². The zero-order valence-electron chi connectivity index (χ0n) is 16.2. The lowest BCUT2D eigenvalue weighted by molar-refractivity contribution is -0.148. The molecule has 6 nitrogen and oxygen atoms in total. The molecule has 2 aliphatic rings. The van der Waals surface area contributed by atoms with Crippen molar-refractivity contribution >= 4 is 23.4 Å². The second kappa shape index (κ2) is 7.98. The molecule has 0 unspecified atom stereocenters. The fourth-order valence-corrected chi connectivity index (χ4v) is 3.92. The van der Waals surface area contributed by atoms with Crippen LogP contribution in [0.2, 0.25) is 5.02 Å². The molecular formula is C22H22ClFN2O4. The fraction of sp³-hybridized carbons (Fsp3) is 0.364. The molecule has 8 heteroatoms. The fourth-order valence-electron chi connectivity index (χ4n) is 3.76. The van der Waals surface area contributed by atoms with E-state index in [1.807, 2.05) is 0 Å². The first-order chi connectivity index (χ1) is 14.3. The molecule has 1 saturated carbocycles. The average molecular weight is 433 g/mol. The second-order valence-electron chi connectivity index (χ2n) is 7.82. The minimum absolute atomic E-state index is 0.185. The topological polar surface area (TPSA) is 81.1 Å². The van der Waals surface area contributed by atoms with Gasteiger partial charge in [-0.3, -0.25) is 9.59 Å². The maximum absolute atomic E-state index is 14.1. The maximum atomic E-state index is 14.1. The number of carbonyl (C=O) groups is 2. The van der Waals surface area contributed by atoms with E-state index in [4.69, 9.17) is 11.6 Å². The highest BCUT2D eigenvalue weighted by Crippen LogP contribution is 2.37. The van der Waals surface area contributed by atoms with Crippen LogP contribution in [-0.2, 0) is 4.79 Å². The number of hydrogen-bond acceptors (Lipinski definition) is 4. The van der Waals surface area contributed by atoms with Crippen molar-refractivity contribution in [2.24, 2.45) is 0 Å². The van der Waals surface area contributed by atoms with Crippen molar-refractivity contribution in [1.29, 1.82) is 0 Å². The Morgan fingerprint density at radius 2 is 1.83 bits per heavy atom. The molecule has 2 fully saturated rings. The van der Waals surface area contributed by atoms with E-state index in [9.17, 15) is 24.2 Å². The molecule has 0 aromatic heterocycles. The second-order valence-corrected chi connectivity index (χ2v) is 8.26. The lowest BCUT2D eigenvalue weighted by atomic mass is 10.0. The molecule has 1 aliphatic carbocycles. The Labute approximate surface area is 178 Å². The molecule has 1 atom stereocenters. The van der Waals surface area contributed by atoms with Crippen LogP contribution in [0, 0.1) is 5.82 Å². The van der Waals surface area contributed by atoms with Gasteiger partial charge in [0.15, 0.2) is 0 Å². The molecule has 2 amide bonds. The molecule has 1 heterocycles. The number of aliphatic hydroxyl groups excluding tert-OH is 1. The summed E-state index contributed by atoms with van der Waals surface area (Å²) in [6.45, 7) is 0.460. The third-order valence-corrected chi connectivity index (χ3v) is 5.97. The molecule has 4 rings (SSSR count). The van der Waals surface area contributed by atoms with Crippen molar-refractivity contribution < 1.29 is 24.2 Å². The van der Waals surface area contributed by atoms with Crippen molar-refractivity contribution in [1.82, 2.24) is 9.80 Å². The van der Waals surface area contributed by atoms with Gasteiger partial charge >= 0.3 is 0 Å². The molecule has 1 saturated heterocycles. The third kappa shape index (κ3) is 3.93. The van der Waals surface area contributed by atoms with Crippen molar-refractivity contribution in [3.8, 4) is 11.1 Å². The summed E-state index contributed by atoms with van der Waals surface area (Å²) in [6.07, 6.45) is 0.868. The lowest BCUT2D eigenvalue weighted by Gasteiger charge is -2.41. The quantitative estimate of drug-likeness (QED) is 0.777. The van der Waals surface area contributed by atoms with Crippen LogP contribution in [-0.4, -0.2) is 69.7 Å². The summed E-state index contributed by atoms with van der Waals surface area (Å²) >= 11 is 5.79. The van der Waals surface area contributed by atoms with Crippen LogP contribution in [0.25, 0.3) is 11.1 Å². The first-order valence-electron chi connectivity index (χ1n) is 9.81. The van der Waals surface area contributed by atoms with Crippen LogP contribution in [0.1, 0.15) is 23.2 Å². The van der Waals surface area contributed by atoms with Gasteiger partial charge in [-0.2, -0.15) is 0 Å². The standard InChI is InChI=1S/C22H22ClFN2O4/c23-16-5-6-18(19(24)11-16)14-1-3-15(4-2-14)20(28)25-9-10-26(17(12-25)13-27)21(29)22(30)7-8-22/h1-6,11,17,27,30H,7-10,12-13H2/t17-/m1/s1. The van der Waals surface area contributed by atoms with Gasteiger partial charge in [-0.15, -0.1) is 0 Å². The van der Waals surface area contributed by atoms with Crippen LogP contribution in [0.4, 0.5) is 4.39 Å². The summed E-state index contributed by atoms with van der Waals surface area (Å²) < 4.78 is 14.1. The molecule has 158 valence electrons. The Bertz CT molecular complexity index is 978. The number of halogens is 2. The first-order valence-corrected chi connectivity index (χ1v) is 10.2. The highest BCUT2D eigenvalue weighted by molar-refractivity contribution is 6.30. The number of piperazine rings is 1. The van der Waals surface area contributed by atoms with E-state index in [-0.39, 0.29) is 31.5 Å². The maximum Gasteiger partial charge on any atom is 0.254 e.